The van der Waals surface area contributed by atoms with E-state index >= 15 is 0 Å². The summed E-state index contributed by atoms with van der Waals surface area (Å²) in [6, 6.07) is 8.53. The molecule has 2 fully saturated rings. The van der Waals surface area contributed by atoms with Crippen LogP contribution in [0.4, 0.5) is 0 Å². The van der Waals surface area contributed by atoms with Crippen molar-refractivity contribution >= 4 is 24.1 Å². The quantitative estimate of drug-likeness (QED) is 0.0882. The van der Waals surface area contributed by atoms with Crippen LogP contribution < -0.4 is 9.47 Å². The van der Waals surface area contributed by atoms with E-state index in [-0.39, 0.29) is 23.0 Å². The molecule has 0 unspecified atom stereocenters. The summed E-state index contributed by atoms with van der Waals surface area (Å²) in [6.45, 7) is -2.63. The summed E-state index contributed by atoms with van der Waals surface area (Å²) in [7, 11) is 2.69. The third-order valence-corrected chi connectivity index (χ3v) is 7.72. The molecule has 0 saturated carbocycles. The van der Waals surface area contributed by atoms with Gasteiger partial charge in [0.1, 0.15) is 49.8 Å². The molecular weight excluding hydrogens is 656 g/mol. The Hall–Kier alpha value is -4.30. The number of phenols is 2. The zero-order chi connectivity index (χ0) is 35.9. The van der Waals surface area contributed by atoms with Crippen molar-refractivity contribution in [3.8, 4) is 23.0 Å². The first-order valence-electron chi connectivity index (χ1n) is 14.8. The van der Waals surface area contributed by atoms with Crippen molar-refractivity contribution < 1.29 is 83.6 Å². The van der Waals surface area contributed by atoms with Gasteiger partial charge in [0.25, 0.3) is 0 Å². The summed E-state index contributed by atoms with van der Waals surface area (Å²) in [6.07, 6.45) is -9.51. The van der Waals surface area contributed by atoms with Crippen LogP contribution in [0.25, 0.3) is 12.2 Å². The average Bonchev–Trinajstić information content (AvgIpc) is 3.36. The zero-order valence-electron chi connectivity index (χ0n) is 26.3. The normalized spacial score (nSPS) is 30.0. The van der Waals surface area contributed by atoms with Crippen molar-refractivity contribution in [1.82, 2.24) is 0 Å². The summed E-state index contributed by atoms with van der Waals surface area (Å²) in [5.74, 6) is -4.46. The average molecular weight is 695 g/mol. The summed E-state index contributed by atoms with van der Waals surface area (Å²) >= 11 is 0. The first-order valence-corrected chi connectivity index (χ1v) is 14.8. The highest BCUT2D eigenvalue weighted by molar-refractivity contribution is 5.88. The number of aromatic hydroxyl groups is 2. The number of carbonyl (C=O) groups excluding carboxylic acids is 2. The van der Waals surface area contributed by atoms with Gasteiger partial charge in [0, 0.05) is 12.2 Å². The minimum atomic E-state index is -2.51. The molecule has 2 aromatic rings. The molecule has 0 radical (unpaired) electrons. The molecule has 0 aromatic heterocycles. The summed E-state index contributed by atoms with van der Waals surface area (Å²) in [5, 5.41) is 81.8. The summed E-state index contributed by atoms with van der Waals surface area (Å²) < 4.78 is 37.5. The fourth-order valence-electron chi connectivity index (χ4n) is 5.06. The number of aliphatic hydroxyl groups is 6. The Kier molecular flexibility index (Phi) is 12.6. The number of rotatable bonds is 13. The van der Waals surface area contributed by atoms with E-state index in [1.165, 1.54) is 62.8 Å². The molecule has 17 heteroatoms. The van der Waals surface area contributed by atoms with E-state index in [0.29, 0.717) is 11.1 Å². The Balaban J connectivity index is 1.54. The third-order valence-electron chi connectivity index (χ3n) is 7.72. The minimum Gasteiger partial charge on any atom is -0.504 e. The van der Waals surface area contributed by atoms with Crippen LogP contribution in [0.3, 0.4) is 0 Å². The number of aliphatic hydroxyl groups excluding tert-OH is 6. The molecule has 2 aliphatic rings. The molecule has 268 valence electrons. The van der Waals surface area contributed by atoms with Crippen LogP contribution in [0.1, 0.15) is 11.1 Å². The molecule has 0 aliphatic carbocycles. The monoisotopic (exact) mass is 694 g/mol. The van der Waals surface area contributed by atoms with Crippen molar-refractivity contribution in [3.05, 3.63) is 59.7 Å². The fourth-order valence-corrected chi connectivity index (χ4v) is 5.06. The molecule has 2 saturated heterocycles. The molecule has 8 N–H and O–H groups in total. The van der Waals surface area contributed by atoms with E-state index in [1.807, 2.05) is 0 Å². The maximum Gasteiger partial charge on any atom is 0.331 e. The Morgan fingerprint density at radius 3 is 1.90 bits per heavy atom. The third kappa shape index (κ3) is 8.66. The van der Waals surface area contributed by atoms with Crippen LogP contribution >= 0.6 is 0 Å². The number of phenolic OH excluding ortho intramolecular Hbond substituents is 2. The van der Waals surface area contributed by atoms with E-state index in [1.54, 1.807) is 0 Å². The number of benzene rings is 2. The highest BCUT2D eigenvalue weighted by Gasteiger charge is 2.61. The van der Waals surface area contributed by atoms with E-state index in [4.69, 9.17) is 33.2 Å². The fraction of sp³-hybridized carbons (Fsp3) is 0.438. The molecule has 0 bridgehead atoms. The lowest BCUT2D eigenvalue weighted by atomic mass is 9.99. The van der Waals surface area contributed by atoms with Gasteiger partial charge in [-0.15, -0.1) is 0 Å². The minimum absolute atomic E-state index is 0.112. The van der Waals surface area contributed by atoms with Gasteiger partial charge < -0.3 is 74.0 Å². The standard InChI is InChI=1S/C32H38O17/c1-43-20-11-16(3-7-18(20)35)5-9-24(37)45-14-23-27(40)30(47-25(38)10-6-17-4-8-19(36)21(12-17)44-2)32(15-34,48-23)49-31-29(42)28(41)26(39)22(13-33)46-31/h3-12,22-23,26-31,33-36,39-42H,13-15H2,1-2H3/b9-5+,10-6+/t22-,23-,26-,27-,28+,29-,30+,31-,32+/m1/s1. The number of carbonyl (C=O) groups is 2. The van der Waals surface area contributed by atoms with Gasteiger partial charge in [-0.3, -0.25) is 0 Å². The molecule has 2 aromatic carbocycles. The smallest absolute Gasteiger partial charge is 0.331 e. The summed E-state index contributed by atoms with van der Waals surface area (Å²) in [5.41, 5.74) is 0.881. The number of hydrogen-bond acceptors (Lipinski definition) is 17. The second kappa shape index (κ2) is 16.4. The number of ether oxygens (including phenoxy) is 7. The van der Waals surface area contributed by atoms with E-state index < -0.39 is 86.6 Å². The van der Waals surface area contributed by atoms with Crippen molar-refractivity contribution in [3.63, 3.8) is 0 Å². The molecule has 4 rings (SSSR count). The Bertz CT molecular complexity index is 1510. The van der Waals surface area contributed by atoms with Crippen molar-refractivity contribution in [1.29, 1.82) is 0 Å². The highest BCUT2D eigenvalue weighted by atomic mass is 16.8. The number of hydrogen-bond donors (Lipinski definition) is 8. The zero-order valence-corrected chi connectivity index (χ0v) is 26.3. The number of esters is 2. The molecule has 0 spiro atoms. The highest BCUT2D eigenvalue weighted by Crippen LogP contribution is 2.38. The number of methoxy groups -OCH3 is 2. The SMILES string of the molecule is COc1cc(/C=C/C(=O)OC[C@H]2O[C@@](CO)(O[C@H]3O[C@H](CO)[C@@H](O)[C@H](O)[C@H]3O)[C@@H](OC(=O)/C=C/c3ccc(O)c(OC)c3)[C@@H]2O)ccc1O. The van der Waals surface area contributed by atoms with Gasteiger partial charge in [-0.25, -0.2) is 9.59 Å². The van der Waals surface area contributed by atoms with Crippen LogP contribution in [-0.4, -0.2) is 142 Å². The van der Waals surface area contributed by atoms with Gasteiger partial charge in [0.15, 0.2) is 35.4 Å². The van der Waals surface area contributed by atoms with Gasteiger partial charge in [-0.1, -0.05) is 12.1 Å². The lowest BCUT2D eigenvalue weighted by Gasteiger charge is -2.43. The van der Waals surface area contributed by atoms with Crippen LogP contribution in [-0.2, 0) is 33.3 Å². The lowest BCUT2D eigenvalue weighted by molar-refractivity contribution is -0.383. The second-order valence-electron chi connectivity index (χ2n) is 10.9. The maximum absolute atomic E-state index is 13.0. The molecule has 17 nitrogen and oxygen atoms in total. The predicted octanol–water partition coefficient (Wildman–Crippen LogP) is -1.44. The lowest BCUT2D eigenvalue weighted by Crippen LogP contribution is -2.63. The molecule has 9 atom stereocenters. The molecule has 2 heterocycles. The molecule has 49 heavy (non-hydrogen) atoms. The van der Waals surface area contributed by atoms with E-state index in [9.17, 15) is 50.4 Å². The van der Waals surface area contributed by atoms with Gasteiger partial charge in [0.05, 0.1) is 20.8 Å². The Morgan fingerprint density at radius 2 is 1.37 bits per heavy atom. The van der Waals surface area contributed by atoms with Crippen LogP contribution in [0.15, 0.2) is 48.6 Å². The Morgan fingerprint density at radius 1 is 0.796 bits per heavy atom. The Labute approximate surface area is 279 Å². The molecule has 2 aliphatic heterocycles. The van der Waals surface area contributed by atoms with Crippen molar-refractivity contribution in [2.75, 3.05) is 34.0 Å². The first kappa shape index (κ1) is 37.5. The van der Waals surface area contributed by atoms with Gasteiger partial charge >= 0.3 is 11.9 Å². The second-order valence-corrected chi connectivity index (χ2v) is 10.9. The molecule has 0 amide bonds. The predicted molar refractivity (Wildman–Crippen MR) is 164 cm³/mol. The molecular formula is C32H38O17. The maximum atomic E-state index is 13.0. The topological polar surface area (TPSA) is 261 Å². The summed E-state index contributed by atoms with van der Waals surface area (Å²) in [4.78, 5) is 25.5. The van der Waals surface area contributed by atoms with Gasteiger partial charge in [-0.2, -0.15) is 0 Å². The van der Waals surface area contributed by atoms with Gasteiger partial charge in [-0.05, 0) is 47.5 Å². The van der Waals surface area contributed by atoms with Crippen molar-refractivity contribution in [2.24, 2.45) is 0 Å². The van der Waals surface area contributed by atoms with E-state index in [2.05, 4.69) is 0 Å². The largest absolute Gasteiger partial charge is 0.504 e. The van der Waals surface area contributed by atoms with Crippen LogP contribution in [0.5, 0.6) is 23.0 Å². The van der Waals surface area contributed by atoms with Crippen LogP contribution in [0.2, 0.25) is 0 Å². The van der Waals surface area contributed by atoms with Gasteiger partial charge in [0.2, 0.25) is 5.79 Å². The van der Waals surface area contributed by atoms with E-state index in [0.717, 1.165) is 12.2 Å². The van der Waals surface area contributed by atoms with Crippen LogP contribution in [0, 0.1) is 0 Å². The first-order chi connectivity index (χ1) is 23.4. The van der Waals surface area contributed by atoms with Crippen molar-refractivity contribution in [2.45, 2.75) is 54.8 Å².